The summed E-state index contributed by atoms with van der Waals surface area (Å²) >= 11 is 0. The van der Waals surface area contributed by atoms with Crippen LogP contribution in [0.4, 0.5) is 11.4 Å². The van der Waals surface area contributed by atoms with Crippen LogP contribution in [0.15, 0.2) is 30.5 Å². The molecule has 3 heteroatoms. The minimum atomic E-state index is 0.743. The summed E-state index contributed by atoms with van der Waals surface area (Å²) in [4.78, 5) is 4.38. The molecule has 1 aromatic heterocycles. The largest absolute Gasteiger partial charge is 0.396 e. The van der Waals surface area contributed by atoms with Crippen molar-refractivity contribution < 1.29 is 0 Å². The molecule has 1 aliphatic carbocycles. The zero-order valence-electron chi connectivity index (χ0n) is 12.1. The van der Waals surface area contributed by atoms with Gasteiger partial charge in [-0.05, 0) is 30.7 Å². The number of nitrogen functional groups attached to an aromatic ring is 1. The van der Waals surface area contributed by atoms with E-state index in [1.54, 1.807) is 6.20 Å². The smallest absolute Gasteiger partial charge is 0.0743 e. The molecule has 0 aliphatic heterocycles. The van der Waals surface area contributed by atoms with Crippen LogP contribution in [0.2, 0.25) is 0 Å². The Hall–Kier alpha value is -1.77. The summed E-state index contributed by atoms with van der Waals surface area (Å²) < 4.78 is 0. The molecule has 3 nitrogen and oxygen atoms in total. The molecule has 1 aliphatic rings. The van der Waals surface area contributed by atoms with Crippen LogP contribution in [0.5, 0.6) is 0 Å². The zero-order chi connectivity index (χ0) is 13.9. The molecule has 0 saturated heterocycles. The number of aromatic nitrogens is 1. The molecule has 0 unspecified atom stereocenters. The predicted octanol–water partition coefficient (Wildman–Crippen LogP) is 4.06. The lowest BCUT2D eigenvalue weighted by atomic mass is 9.83. The summed E-state index contributed by atoms with van der Waals surface area (Å²) in [6, 6.07) is 8.17. The van der Waals surface area contributed by atoms with Gasteiger partial charge in [0.1, 0.15) is 0 Å². The average molecular weight is 269 g/mol. The third-order valence-electron chi connectivity index (χ3n) is 4.51. The van der Waals surface area contributed by atoms with Crippen molar-refractivity contribution in [1.82, 2.24) is 4.98 Å². The van der Waals surface area contributed by atoms with Gasteiger partial charge in [-0.1, -0.05) is 38.0 Å². The van der Waals surface area contributed by atoms with E-state index in [0.717, 1.165) is 40.7 Å². The molecule has 3 rings (SSSR count). The third kappa shape index (κ3) is 2.72. The summed E-state index contributed by atoms with van der Waals surface area (Å²) in [7, 11) is 0. The van der Waals surface area contributed by atoms with E-state index in [2.05, 4.69) is 23.3 Å². The number of hydrogen-bond donors (Lipinski definition) is 2. The summed E-state index contributed by atoms with van der Waals surface area (Å²) in [6.07, 6.45) is 7.14. The van der Waals surface area contributed by atoms with Gasteiger partial charge in [-0.2, -0.15) is 0 Å². The van der Waals surface area contributed by atoms with E-state index in [1.807, 2.05) is 18.2 Å². The van der Waals surface area contributed by atoms with E-state index in [1.165, 1.54) is 25.7 Å². The molecule has 0 radical (unpaired) electrons. The number of nitrogens with two attached hydrogens (primary N) is 1. The van der Waals surface area contributed by atoms with Gasteiger partial charge in [0.15, 0.2) is 0 Å². The first-order chi connectivity index (χ1) is 9.74. The molecule has 20 heavy (non-hydrogen) atoms. The lowest BCUT2D eigenvalue weighted by molar-refractivity contribution is 0.300. The monoisotopic (exact) mass is 269 g/mol. The molecule has 0 bridgehead atoms. The summed E-state index contributed by atoms with van der Waals surface area (Å²) in [5.41, 5.74) is 8.89. The molecule has 1 fully saturated rings. The Balaban J connectivity index is 1.75. The minimum absolute atomic E-state index is 0.743. The quantitative estimate of drug-likeness (QED) is 0.883. The highest BCUT2D eigenvalue weighted by molar-refractivity contribution is 5.96. The lowest BCUT2D eigenvalue weighted by Gasteiger charge is -2.27. The van der Waals surface area contributed by atoms with Crippen molar-refractivity contribution in [1.29, 1.82) is 0 Å². The number of pyridine rings is 1. The van der Waals surface area contributed by atoms with Crippen LogP contribution in [0, 0.1) is 11.8 Å². The molecule has 0 amide bonds. The molecule has 1 saturated carbocycles. The van der Waals surface area contributed by atoms with Gasteiger partial charge >= 0.3 is 0 Å². The maximum absolute atomic E-state index is 6.10. The third-order valence-corrected chi connectivity index (χ3v) is 4.51. The normalized spacial score (nSPS) is 22.9. The standard InChI is InChI=1S/C17H23N3/c1-12-6-8-13(9-7-12)10-20-17-14-4-2-3-5-16(14)19-11-15(17)18/h2-5,11-13H,6-10,18H2,1H3,(H,19,20). The van der Waals surface area contributed by atoms with Crippen molar-refractivity contribution in [2.24, 2.45) is 11.8 Å². The zero-order valence-corrected chi connectivity index (χ0v) is 12.1. The Morgan fingerprint density at radius 2 is 1.95 bits per heavy atom. The van der Waals surface area contributed by atoms with E-state index in [0.29, 0.717) is 0 Å². The molecule has 2 aromatic rings. The van der Waals surface area contributed by atoms with Crippen molar-refractivity contribution in [3.8, 4) is 0 Å². The topological polar surface area (TPSA) is 50.9 Å². The second-order valence-electron chi connectivity index (χ2n) is 6.11. The summed E-state index contributed by atoms with van der Waals surface area (Å²) in [6.45, 7) is 3.38. The van der Waals surface area contributed by atoms with Crippen LogP contribution in [0.25, 0.3) is 10.9 Å². The van der Waals surface area contributed by atoms with Crippen molar-refractivity contribution in [2.75, 3.05) is 17.6 Å². The van der Waals surface area contributed by atoms with E-state index in [4.69, 9.17) is 5.73 Å². The van der Waals surface area contributed by atoms with Crippen molar-refractivity contribution >= 4 is 22.3 Å². The Morgan fingerprint density at radius 3 is 2.75 bits per heavy atom. The number of anilines is 2. The lowest BCUT2D eigenvalue weighted by Crippen LogP contribution is -2.20. The number of rotatable bonds is 3. The molecular weight excluding hydrogens is 246 g/mol. The van der Waals surface area contributed by atoms with Crippen LogP contribution in [-0.4, -0.2) is 11.5 Å². The van der Waals surface area contributed by atoms with E-state index in [9.17, 15) is 0 Å². The Morgan fingerprint density at radius 1 is 1.20 bits per heavy atom. The van der Waals surface area contributed by atoms with Crippen LogP contribution in [0.1, 0.15) is 32.6 Å². The number of hydrogen-bond acceptors (Lipinski definition) is 3. The second kappa shape index (κ2) is 5.70. The van der Waals surface area contributed by atoms with Gasteiger partial charge in [-0.15, -0.1) is 0 Å². The summed E-state index contributed by atoms with van der Waals surface area (Å²) in [5.74, 6) is 1.68. The van der Waals surface area contributed by atoms with Crippen molar-refractivity contribution in [3.63, 3.8) is 0 Å². The van der Waals surface area contributed by atoms with E-state index < -0.39 is 0 Å². The predicted molar refractivity (Wildman–Crippen MR) is 85.8 cm³/mol. The number of para-hydroxylation sites is 1. The number of nitrogens with one attached hydrogen (secondary N) is 1. The Labute approximate surface area is 120 Å². The fraction of sp³-hybridized carbons (Fsp3) is 0.471. The van der Waals surface area contributed by atoms with Crippen LogP contribution in [0.3, 0.4) is 0 Å². The number of nitrogens with zero attached hydrogens (tertiary/aromatic N) is 1. The molecular formula is C17H23N3. The molecule has 1 heterocycles. The summed E-state index contributed by atoms with van der Waals surface area (Å²) in [5, 5.41) is 4.70. The molecule has 0 atom stereocenters. The maximum Gasteiger partial charge on any atom is 0.0743 e. The van der Waals surface area contributed by atoms with E-state index >= 15 is 0 Å². The molecule has 0 spiro atoms. The molecule has 1 aromatic carbocycles. The maximum atomic E-state index is 6.10. The highest BCUT2D eigenvalue weighted by atomic mass is 14.9. The SMILES string of the molecule is CC1CCC(CNc2c(N)cnc3ccccc23)CC1. The van der Waals surface area contributed by atoms with Crippen molar-refractivity contribution in [3.05, 3.63) is 30.5 Å². The first-order valence-corrected chi connectivity index (χ1v) is 7.61. The fourth-order valence-electron chi connectivity index (χ4n) is 3.13. The first-order valence-electron chi connectivity index (χ1n) is 7.61. The van der Waals surface area contributed by atoms with Gasteiger partial charge in [0, 0.05) is 11.9 Å². The highest BCUT2D eigenvalue weighted by Crippen LogP contribution is 2.31. The van der Waals surface area contributed by atoms with Gasteiger partial charge in [0.05, 0.1) is 23.1 Å². The first kappa shape index (κ1) is 13.2. The number of fused-ring (bicyclic) bond motifs is 1. The van der Waals surface area contributed by atoms with Gasteiger partial charge in [0.2, 0.25) is 0 Å². The highest BCUT2D eigenvalue weighted by Gasteiger charge is 2.18. The van der Waals surface area contributed by atoms with Crippen molar-refractivity contribution in [2.45, 2.75) is 32.6 Å². The van der Waals surface area contributed by atoms with Gasteiger partial charge < -0.3 is 11.1 Å². The van der Waals surface area contributed by atoms with Crippen LogP contribution < -0.4 is 11.1 Å². The second-order valence-corrected chi connectivity index (χ2v) is 6.11. The number of benzene rings is 1. The minimum Gasteiger partial charge on any atom is -0.396 e. The van der Waals surface area contributed by atoms with E-state index in [-0.39, 0.29) is 0 Å². The van der Waals surface area contributed by atoms with Gasteiger partial charge in [-0.3, -0.25) is 4.98 Å². The fourth-order valence-corrected chi connectivity index (χ4v) is 3.13. The van der Waals surface area contributed by atoms with Crippen LogP contribution in [-0.2, 0) is 0 Å². The van der Waals surface area contributed by atoms with Gasteiger partial charge in [-0.25, -0.2) is 0 Å². The Kier molecular flexibility index (Phi) is 3.77. The Bertz CT molecular complexity index is 586. The van der Waals surface area contributed by atoms with Gasteiger partial charge in [0.25, 0.3) is 0 Å². The van der Waals surface area contributed by atoms with Crippen LogP contribution >= 0.6 is 0 Å². The molecule has 106 valence electrons. The average Bonchev–Trinajstić information content (AvgIpc) is 2.48. The molecule has 3 N–H and O–H groups in total.